The Hall–Kier alpha value is -2.50. The molecule has 0 saturated heterocycles. The molecule has 0 radical (unpaired) electrons. The lowest BCUT2D eigenvalue weighted by molar-refractivity contribution is -0.299. The van der Waals surface area contributed by atoms with Gasteiger partial charge in [-0.2, -0.15) is 0 Å². The first kappa shape index (κ1) is 12.6. The van der Waals surface area contributed by atoms with E-state index in [0.717, 1.165) is 6.07 Å². The molecule has 6 heteroatoms. The van der Waals surface area contributed by atoms with Crippen LogP contribution in [0.1, 0.15) is 10.4 Å². The molecule has 0 atom stereocenters. The molecule has 0 aliphatic rings. The number of benzene rings is 1. The lowest BCUT2D eigenvalue weighted by Gasteiger charge is -2.12. The topological polar surface area (TPSA) is 116 Å². The van der Waals surface area contributed by atoms with Crippen molar-refractivity contribution < 1.29 is 24.5 Å². The quantitative estimate of drug-likeness (QED) is 0.481. The van der Waals surface area contributed by atoms with Gasteiger partial charge in [-0.05, 0) is 12.1 Å². The molecule has 2 N–H and O–H groups in total. The van der Waals surface area contributed by atoms with Crippen LogP contribution in [0.2, 0.25) is 0 Å². The maximum atomic E-state index is 10.6. The summed E-state index contributed by atoms with van der Waals surface area (Å²) in [4.78, 5) is 20.9. The maximum absolute atomic E-state index is 10.6. The molecule has 90 valence electrons. The van der Waals surface area contributed by atoms with Crippen LogP contribution >= 0.6 is 0 Å². The summed E-state index contributed by atoms with van der Waals surface area (Å²) in [7, 11) is 0. The number of hydrogen-bond donors (Lipinski definition) is 1. The van der Waals surface area contributed by atoms with Crippen molar-refractivity contribution >= 4 is 17.6 Å². The van der Waals surface area contributed by atoms with Gasteiger partial charge in [-0.3, -0.25) is 0 Å². The van der Waals surface area contributed by atoms with Crippen molar-refractivity contribution in [2.75, 3.05) is 12.3 Å². The third-order valence-electron chi connectivity index (χ3n) is 1.94. The summed E-state index contributed by atoms with van der Waals surface area (Å²) in [6, 6.07) is 3.72. The molecule has 0 aliphatic carbocycles. The van der Waals surface area contributed by atoms with Crippen molar-refractivity contribution in [3.8, 4) is 5.75 Å². The fourth-order valence-electron chi connectivity index (χ4n) is 1.01. The average Bonchev–Trinajstić information content (AvgIpc) is 2.26. The molecule has 0 heterocycles. The van der Waals surface area contributed by atoms with Crippen molar-refractivity contribution in [3.63, 3.8) is 0 Å². The average molecular weight is 235 g/mol. The van der Waals surface area contributed by atoms with E-state index in [1.807, 2.05) is 0 Å². The van der Waals surface area contributed by atoms with Crippen LogP contribution in [-0.2, 0) is 4.79 Å². The highest BCUT2D eigenvalue weighted by atomic mass is 16.5. The minimum Gasteiger partial charge on any atom is -0.545 e. The number of anilines is 1. The summed E-state index contributed by atoms with van der Waals surface area (Å²) in [5.74, 6) is -2.78. The first-order chi connectivity index (χ1) is 7.91. The highest BCUT2D eigenvalue weighted by Crippen LogP contribution is 2.22. The number of nitrogens with two attached hydrogens (primary N) is 1. The van der Waals surface area contributed by atoms with E-state index in [0.29, 0.717) is 0 Å². The summed E-state index contributed by atoms with van der Waals surface area (Å²) in [6.45, 7) is 2.86. The van der Waals surface area contributed by atoms with Crippen molar-refractivity contribution in [1.29, 1.82) is 0 Å². The molecular formula is C11H9NO5-2. The monoisotopic (exact) mass is 235 g/mol. The molecule has 1 aromatic carbocycles. The van der Waals surface area contributed by atoms with Crippen LogP contribution in [0.3, 0.4) is 0 Å². The minimum absolute atomic E-state index is 0.0501. The Morgan fingerprint density at radius 2 is 2.00 bits per heavy atom. The standard InChI is InChI=1S/C11H11NO5/c1-6(10(13)14)5-17-9-4-7(11(15)16)2-3-8(9)12/h2-4H,1,5,12H2,(H,13,14)(H,15,16)/p-2. The van der Waals surface area contributed by atoms with Gasteiger partial charge in [0.25, 0.3) is 0 Å². The van der Waals surface area contributed by atoms with Gasteiger partial charge < -0.3 is 30.3 Å². The van der Waals surface area contributed by atoms with Crippen LogP contribution < -0.4 is 20.7 Å². The lowest BCUT2D eigenvalue weighted by Crippen LogP contribution is -2.27. The van der Waals surface area contributed by atoms with Crippen molar-refractivity contribution in [2.45, 2.75) is 0 Å². The van der Waals surface area contributed by atoms with Gasteiger partial charge in [0.1, 0.15) is 12.4 Å². The third kappa shape index (κ3) is 3.23. The van der Waals surface area contributed by atoms with Gasteiger partial charge >= 0.3 is 0 Å². The van der Waals surface area contributed by atoms with Gasteiger partial charge in [-0.1, -0.05) is 12.6 Å². The van der Waals surface area contributed by atoms with Gasteiger partial charge in [0.15, 0.2) is 0 Å². The second kappa shape index (κ2) is 5.02. The number of carboxylic acids is 2. The molecule has 0 aliphatic heterocycles. The Kier molecular flexibility index (Phi) is 3.71. The number of hydrogen-bond acceptors (Lipinski definition) is 6. The smallest absolute Gasteiger partial charge is 0.143 e. The highest BCUT2D eigenvalue weighted by Gasteiger charge is 2.04. The Balaban J connectivity index is 2.83. The maximum Gasteiger partial charge on any atom is 0.143 e. The largest absolute Gasteiger partial charge is 0.545 e. The van der Waals surface area contributed by atoms with Gasteiger partial charge in [-0.25, -0.2) is 0 Å². The van der Waals surface area contributed by atoms with E-state index in [-0.39, 0.29) is 29.2 Å². The lowest BCUT2D eigenvalue weighted by atomic mass is 10.2. The predicted molar refractivity (Wildman–Crippen MR) is 54.8 cm³/mol. The molecule has 17 heavy (non-hydrogen) atoms. The van der Waals surface area contributed by atoms with Gasteiger partial charge in [-0.15, -0.1) is 0 Å². The number of aromatic carboxylic acids is 1. The normalized spacial score (nSPS) is 9.65. The van der Waals surface area contributed by atoms with E-state index in [2.05, 4.69) is 6.58 Å². The summed E-state index contributed by atoms with van der Waals surface area (Å²) in [6.07, 6.45) is 0. The second-order valence-electron chi connectivity index (χ2n) is 3.22. The number of nitrogen functional groups attached to an aromatic ring is 1. The Labute approximate surface area is 96.9 Å². The first-order valence-corrected chi connectivity index (χ1v) is 4.54. The van der Waals surface area contributed by atoms with Gasteiger partial charge in [0.2, 0.25) is 0 Å². The zero-order valence-electron chi connectivity index (χ0n) is 8.76. The Bertz CT molecular complexity index is 481. The SMILES string of the molecule is C=C(COc1cc(C(=O)[O-])ccc1N)C(=O)[O-]. The Morgan fingerprint density at radius 1 is 1.35 bits per heavy atom. The van der Waals surface area contributed by atoms with Crippen LogP contribution in [0.5, 0.6) is 5.75 Å². The number of carbonyl (C=O) groups is 2. The molecule has 0 amide bonds. The summed E-state index contributed by atoms with van der Waals surface area (Å²) >= 11 is 0. The fraction of sp³-hybridized carbons (Fsp3) is 0.0909. The van der Waals surface area contributed by atoms with Gasteiger partial charge in [0.05, 0.1) is 17.6 Å². The van der Waals surface area contributed by atoms with E-state index in [1.54, 1.807) is 0 Å². The highest BCUT2D eigenvalue weighted by molar-refractivity contribution is 5.87. The minimum atomic E-state index is -1.44. The Morgan fingerprint density at radius 3 is 2.53 bits per heavy atom. The summed E-state index contributed by atoms with van der Waals surface area (Å²) < 4.78 is 5.01. The zero-order chi connectivity index (χ0) is 13.0. The third-order valence-corrected chi connectivity index (χ3v) is 1.94. The van der Waals surface area contributed by atoms with Crippen LogP contribution in [-0.4, -0.2) is 18.5 Å². The number of rotatable bonds is 5. The molecule has 0 unspecified atom stereocenters. The van der Waals surface area contributed by atoms with Crippen molar-refractivity contribution in [2.24, 2.45) is 0 Å². The molecule has 6 nitrogen and oxygen atoms in total. The van der Waals surface area contributed by atoms with E-state index in [1.165, 1.54) is 12.1 Å². The van der Waals surface area contributed by atoms with Crippen molar-refractivity contribution in [3.05, 3.63) is 35.9 Å². The van der Waals surface area contributed by atoms with Crippen LogP contribution in [0.25, 0.3) is 0 Å². The van der Waals surface area contributed by atoms with Crippen LogP contribution in [0.4, 0.5) is 5.69 Å². The van der Waals surface area contributed by atoms with E-state index < -0.39 is 11.9 Å². The first-order valence-electron chi connectivity index (χ1n) is 4.54. The number of carbonyl (C=O) groups excluding carboxylic acids is 2. The number of aliphatic carboxylic acids is 1. The molecule has 0 saturated carbocycles. The van der Waals surface area contributed by atoms with Crippen LogP contribution in [0.15, 0.2) is 30.4 Å². The number of carboxylic acid groups (broad SMARTS) is 2. The van der Waals surface area contributed by atoms with Gasteiger partial charge in [0, 0.05) is 11.1 Å². The van der Waals surface area contributed by atoms with E-state index >= 15 is 0 Å². The zero-order valence-corrected chi connectivity index (χ0v) is 8.76. The van der Waals surface area contributed by atoms with E-state index in [4.69, 9.17) is 10.5 Å². The predicted octanol–water partition coefficient (Wildman–Crippen LogP) is -1.68. The number of ether oxygens (including phenoxy) is 1. The van der Waals surface area contributed by atoms with Crippen LogP contribution in [0, 0.1) is 0 Å². The fourth-order valence-corrected chi connectivity index (χ4v) is 1.01. The molecule has 0 fully saturated rings. The second-order valence-corrected chi connectivity index (χ2v) is 3.22. The van der Waals surface area contributed by atoms with E-state index in [9.17, 15) is 19.8 Å². The summed E-state index contributed by atoms with van der Waals surface area (Å²) in [5.41, 5.74) is 5.31. The molecular weight excluding hydrogens is 226 g/mol. The molecule has 0 bridgehead atoms. The van der Waals surface area contributed by atoms with Crippen molar-refractivity contribution in [1.82, 2.24) is 0 Å². The molecule has 0 spiro atoms. The molecule has 1 rings (SSSR count). The molecule has 0 aromatic heterocycles. The molecule has 1 aromatic rings. The summed E-state index contributed by atoms with van der Waals surface area (Å²) in [5, 5.41) is 20.9.